The molecule has 0 fully saturated rings. The molecule has 0 saturated carbocycles. The summed E-state index contributed by atoms with van der Waals surface area (Å²) >= 11 is 0. The summed E-state index contributed by atoms with van der Waals surface area (Å²) in [6.07, 6.45) is 6.04. The zero-order valence-corrected chi connectivity index (χ0v) is 10.7. The fourth-order valence-electron chi connectivity index (χ4n) is 1.58. The molecule has 1 amide bonds. The van der Waals surface area contributed by atoms with Gasteiger partial charge in [-0.15, -0.1) is 0 Å². The molecular weight excluding hydrogens is 216 g/mol. The van der Waals surface area contributed by atoms with Gasteiger partial charge in [0.2, 0.25) is 0 Å². The van der Waals surface area contributed by atoms with Gasteiger partial charge in [-0.1, -0.05) is 20.3 Å². The number of nitrogens with zero attached hydrogens (tertiary/aromatic N) is 2. The van der Waals surface area contributed by atoms with E-state index in [1.807, 2.05) is 0 Å². The van der Waals surface area contributed by atoms with Gasteiger partial charge in [0.05, 0.1) is 12.4 Å². The lowest BCUT2D eigenvalue weighted by Gasteiger charge is -2.15. The molecule has 0 aliphatic rings. The topological polar surface area (TPSA) is 66.9 Å². The van der Waals surface area contributed by atoms with Gasteiger partial charge in [0.25, 0.3) is 5.91 Å². The monoisotopic (exact) mass is 236 g/mol. The molecule has 17 heavy (non-hydrogen) atoms. The van der Waals surface area contributed by atoms with Crippen molar-refractivity contribution in [3.8, 4) is 0 Å². The summed E-state index contributed by atoms with van der Waals surface area (Å²) in [5, 5.41) is 5.83. The van der Waals surface area contributed by atoms with Crippen molar-refractivity contribution in [3.05, 3.63) is 18.1 Å². The maximum atomic E-state index is 11.9. The molecule has 1 heterocycles. The van der Waals surface area contributed by atoms with Gasteiger partial charge in [0.15, 0.2) is 0 Å². The van der Waals surface area contributed by atoms with Crippen molar-refractivity contribution in [1.82, 2.24) is 15.3 Å². The average molecular weight is 236 g/mol. The van der Waals surface area contributed by atoms with Crippen LogP contribution in [0.15, 0.2) is 12.4 Å². The highest BCUT2D eigenvalue weighted by Gasteiger charge is 2.13. The van der Waals surface area contributed by atoms with Gasteiger partial charge in [-0.05, 0) is 12.8 Å². The normalized spacial score (nSPS) is 11.9. The smallest absolute Gasteiger partial charge is 0.271 e. The Bertz CT molecular complexity index is 367. The van der Waals surface area contributed by atoms with Crippen molar-refractivity contribution in [2.75, 3.05) is 12.4 Å². The molecule has 0 bridgehead atoms. The third kappa shape index (κ3) is 4.01. The minimum atomic E-state index is -0.157. The first kappa shape index (κ1) is 13.4. The van der Waals surface area contributed by atoms with Crippen molar-refractivity contribution in [3.63, 3.8) is 0 Å². The zero-order chi connectivity index (χ0) is 12.7. The third-order valence-corrected chi connectivity index (χ3v) is 2.59. The summed E-state index contributed by atoms with van der Waals surface area (Å²) in [6, 6.07) is 0.215. The molecule has 1 aromatic heterocycles. The fourth-order valence-corrected chi connectivity index (χ4v) is 1.58. The van der Waals surface area contributed by atoms with Crippen molar-refractivity contribution >= 4 is 11.7 Å². The van der Waals surface area contributed by atoms with Crippen LogP contribution in [-0.4, -0.2) is 29.0 Å². The lowest BCUT2D eigenvalue weighted by atomic mass is 10.1. The summed E-state index contributed by atoms with van der Waals surface area (Å²) in [6.45, 7) is 4.17. The van der Waals surface area contributed by atoms with E-state index in [1.165, 1.54) is 6.20 Å². The Labute approximate surface area is 102 Å². The first-order valence-electron chi connectivity index (χ1n) is 6.01. The number of amides is 1. The van der Waals surface area contributed by atoms with Gasteiger partial charge in [-0.25, -0.2) is 4.98 Å². The van der Waals surface area contributed by atoms with Gasteiger partial charge in [0.1, 0.15) is 11.5 Å². The number of carbonyl (C=O) groups is 1. The minimum Gasteiger partial charge on any atom is -0.372 e. The largest absolute Gasteiger partial charge is 0.372 e. The van der Waals surface area contributed by atoms with Crippen LogP contribution in [-0.2, 0) is 0 Å². The third-order valence-electron chi connectivity index (χ3n) is 2.59. The predicted molar refractivity (Wildman–Crippen MR) is 68.0 cm³/mol. The number of hydrogen-bond acceptors (Lipinski definition) is 4. The van der Waals surface area contributed by atoms with E-state index >= 15 is 0 Å². The van der Waals surface area contributed by atoms with Gasteiger partial charge in [0, 0.05) is 13.1 Å². The van der Waals surface area contributed by atoms with Crippen LogP contribution in [0.1, 0.15) is 43.6 Å². The van der Waals surface area contributed by atoms with E-state index in [-0.39, 0.29) is 11.9 Å². The summed E-state index contributed by atoms with van der Waals surface area (Å²) < 4.78 is 0. The highest BCUT2D eigenvalue weighted by molar-refractivity contribution is 5.92. The molecular formula is C12H20N4O. The van der Waals surface area contributed by atoms with Crippen molar-refractivity contribution < 1.29 is 4.79 Å². The number of hydrogen-bond donors (Lipinski definition) is 2. The Morgan fingerprint density at radius 2 is 2.18 bits per heavy atom. The Morgan fingerprint density at radius 1 is 1.41 bits per heavy atom. The molecule has 0 aliphatic carbocycles. The SMILES string of the molecule is CCCC(CC)NC(=O)c1cncc(NC)n1. The molecule has 5 heteroatoms. The Balaban J connectivity index is 2.68. The van der Waals surface area contributed by atoms with Crippen LogP contribution in [0.2, 0.25) is 0 Å². The number of anilines is 1. The first-order chi connectivity index (χ1) is 8.21. The lowest BCUT2D eigenvalue weighted by molar-refractivity contribution is 0.0928. The number of rotatable bonds is 6. The second-order valence-electron chi connectivity index (χ2n) is 3.91. The minimum absolute atomic E-state index is 0.157. The van der Waals surface area contributed by atoms with Crippen LogP contribution in [0.25, 0.3) is 0 Å². The van der Waals surface area contributed by atoms with Crippen molar-refractivity contribution in [1.29, 1.82) is 0 Å². The summed E-state index contributed by atoms with van der Waals surface area (Å²) in [5.74, 6) is 0.441. The summed E-state index contributed by atoms with van der Waals surface area (Å²) in [7, 11) is 1.75. The number of nitrogens with one attached hydrogen (secondary N) is 2. The van der Waals surface area contributed by atoms with Crippen LogP contribution in [0, 0.1) is 0 Å². The van der Waals surface area contributed by atoms with E-state index in [0.29, 0.717) is 11.5 Å². The second-order valence-corrected chi connectivity index (χ2v) is 3.91. The zero-order valence-electron chi connectivity index (χ0n) is 10.7. The van der Waals surface area contributed by atoms with Gasteiger partial charge in [-0.2, -0.15) is 0 Å². The van der Waals surface area contributed by atoms with E-state index in [0.717, 1.165) is 19.3 Å². The fraction of sp³-hybridized carbons (Fsp3) is 0.583. The summed E-state index contributed by atoms with van der Waals surface area (Å²) in [4.78, 5) is 20.0. The van der Waals surface area contributed by atoms with E-state index in [4.69, 9.17) is 0 Å². The molecule has 94 valence electrons. The number of aromatic nitrogens is 2. The molecule has 0 radical (unpaired) electrons. The maximum absolute atomic E-state index is 11.9. The van der Waals surface area contributed by atoms with Crippen LogP contribution in [0.3, 0.4) is 0 Å². The van der Waals surface area contributed by atoms with Crippen LogP contribution in [0.5, 0.6) is 0 Å². The van der Waals surface area contributed by atoms with Crippen LogP contribution < -0.4 is 10.6 Å². The molecule has 1 unspecified atom stereocenters. The number of carbonyl (C=O) groups excluding carboxylic acids is 1. The maximum Gasteiger partial charge on any atom is 0.271 e. The van der Waals surface area contributed by atoms with Gasteiger partial charge >= 0.3 is 0 Å². The highest BCUT2D eigenvalue weighted by atomic mass is 16.1. The van der Waals surface area contributed by atoms with Gasteiger partial charge in [-0.3, -0.25) is 9.78 Å². The lowest BCUT2D eigenvalue weighted by Crippen LogP contribution is -2.34. The molecule has 0 aliphatic heterocycles. The van der Waals surface area contributed by atoms with E-state index in [1.54, 1.807) is 13.2 Å². The van der Waals surface area contributed by atoms with Crippen molar-refractivity contribution in [2.24, 2.45) is 0 Å². The van der Waals surface area contributed by atoms with E-state index < -0.39 is 0 Å². The molecule has 1 rings (SSSR count). The quantitative estimate of drug-likeness (QED) is 0.790. The van der Waals surface area contributed by atoms with E-state index in [9.17, 15) is 4.79 Å². The standard InChI is InChI=1S/C12H20N4O/c1-4-6-9(5-2)15-12(17)10-7-14-8-11(13-3)16-10/h7-9H,4-6H2,1-3H3,(H,13,16)(H,15,17). The molecule has 5 nitrogen and oxygen atoms in total. The Morgan fingerprint density at radius 3 is 2.76 bits per heavy atom. The average Bonchev–Trinajstić information content (AvgIpc) is 2.38. The Hall–Kier alpha value is -1.65. The highest BCUT2D eigenvalue weighted by Crippen LogP contribution is 2.04. The van der Waals surface area contributed by atoms with Gasteiger partial charge < -0.3 is 10.6 Å². The molecule has 0 spiro atoms. The molecule has 0 aromatic carbocycles. The van der Waals surface area contributed by atoms with E-state index in [2.05, 4.69) is 34.4 Å². The summed E-state index contributed by atoms with van der Waals surface area (Å²) in [5.41, 5.74) is 0.353. The van der Waals surface area contributed by atoms with Crippen molar-refractivity contribution in [2.45, 2.75) is 39.2 Å². The first-order valence-corrected chi connectivity index (χ1v) is 6.01. The molecule has 0 saturated heterocycles. The van der Waals surface area contributed by atoms with Crippen LogP contribution >= 0.6 is 0 Å². The molecule has 1 aromatic rings. The Kier molecular flexibility index (Phi) is 5.39. The molecule has 1 atom stereocenters. The molecule has 2 N–H and O–H groups in total. The predicted octanol–water partition coefficient (Wildman–Crippen LogP) is 1.83. The second kappa shape index (κ2) is 6.83. The van der Waals surface area contributed by atoms with Crippen LogP contribution in [0.4, 0.5) is 5.82 Å².